The predicted molar refractivity (Wildman–Crippen MR) is 54.6 cm³/mol. The molecule has 3 heteroatoms. The molecular formula is C12H13FO2. The summed E-state index contributed by atoms with van der Waals surface area (Å²) < 4.78 is 18.5. The summed E-state index contributed by atoms with van der Waals surface area (Å²) in [6.07, 6.45) is 2.22. The topological polar surface area (TPSA) is 26.3 Å². The van der Waals surface area contributed by atoms with Crippen molar-refractivity contribution in [2.75, 3.05) is 7.11 Å². The molecule has 1 aromatic rings. The van der Waals surface area contributed by atoms with Crippen molar-refractivity contribution in [2.45, 2.75) is 25.2 Å². The van der Waals surface area contributed by atoms with E-state index in [-0.39, 0.29) is 17.5 Å². The van der Waals surface area contributed by atoms with E-state index in [4.69, 9.17) is 4.74 Å². The fraction of sp³-hybridized carbons (Fsp3) is 0.417. The number of carbonyl (C=O) groups excluding carboxylic acids is 1. The lowest BCUT2D eigenvalue weighted by Gasteiger charge is -2.10. The number of ketones is 1. The van der Waals surface area contributed by atoms with Crippen LogP contribution in [0.4, 0.5) is 4.39 Å². The van der Waals surface area contributed by atoms with Crippen LogP contribution in [0.1, 0.15) is 30.7 Å². The molecule has 80 valence electrons. The molecule has 1 aliphatic carbocycles. The second-order valence-corrected chi connectivity index (χ2v) is 3.80. The Kier molecular flexibility index (Phi) is 2.71. The fourth-order valence-electron chi connectivity index (χ4n) is 2.06. The van der Waals surface area contributed by atoms with Crippen molar-refractivity contribution in [3.63, 3.8) is 0 Å². The third kappa shape index (κ3) is 1.87. The molecule has 1 aliphatic rings. The molecule has 0 spiro atoms. The molecule has 1 unspecified atom stereocenters. The molecule has 1 atom stereocenters. The smallest absolute Gasteiger partial charge is 0.140 e. The lowest BCUT2D eigenvalue weighted by atomic mass is 9.96. The molecule has 0 amide bonds. The molecule has 0 N–H and O–H groups in total. The van der Waals surface area contributed by atoms with E-state index in [9.17, 15) is 9.18 Å². The highest BCUT2D eigenvalue weighted by molar-refractivity contribution is 5.87. The summed E-state index contributed by atoms with van der Waals surface area (Å²) >= 11 is 0. The zero-order chi connectivity index (χ0) is 10.8. The van der Waals surface area contributed by atoms with Gasteiger partial charge in [0, 0.05) is 18.4 Å². The average molecular weight is 208 g/mol. The number of ether oxygens (including phenoxy) is 1. The Balaban J connectivity index is 2.32. The quantitative estimate of drug-likeness (QED) is 0.746. The van der Waals surface area contributed by atoms with Gasteiger partial charge >= 0.3 is 0 Å². The van der Waals surface area contributed by atoms with Gasteiger partial charge in [-0.3, -0.25) is 4.79 Å². The van der Waals surface area contributed by atoms with Crippen LogP contribution in [0.25, 0.3) is 0 Å². The van der Waals surface area contributed by atoms with Crippen LogP contribution in [0.3, 0.4) is 0 Å². The Hall–Kier alpha value is -1.38. The van der Waals surface area contributed by atoms with Crippen molar-refractivity contribution in [1.29, 1.82) is 0 Å². The first kappa shape index (κ1) is 10.1. The summed E-state index contributed by atoms with van der Waals surface area (Å²) in [4.78, 5) is 11.5. The molecule has 1 fully saturated rings. The zero-order valence-electron chi connectivity index (χ0n) is 8.63. The molecule has 0 aliphatic heterocycles. The molecule has 0 aromatic heterocycles. The van der Waals surface area contributed by atoms with Crippen LogP contribution in [0.15, 0.2) is 18.2 Å². The summed E-state index contributed by atoms with van der Waals surface area (Å²) in [5.74, 6) is 0.0614. The minimum absolute atomic E-state index is 0.152. The number of carbonyl (C=O) groups is 1. The highest BCUT2D eigenvalue weighted by Gasteiger charge is 2.28. The number of hydrogen-bond acceptors (Lipinski definition) is 2. The van der Waals surface area contributed by atoms with Crippen LogP contribution in [-0.2, 0) is 4.79 Å². The first-order valence-corrected chi connectivity index (χ1v) is 5.08. The highest BCUT2D eigenvalue weighted by atomic mass is 19.1. The summed E-state index contributed by atoms with van der Waals surface area (Å²) in [7, 11) is 1.50. The lowest BCUT2D eigenvalue weighted by molar-refractivity contribution is -0.118. The van der Waals surface area contributed by atoms with Gasteiger partial charge in [-0.05, 0) is 24.5 Å². The summed E-state index contributed by atoms with van der Waals surface area (Å²) in [6.45, 7) is 0. The van der Waals surface area contributed by atoms with Crippen LogP contribution in [0.2, 0.25) is 0 Å². The van der Waals surface area contributed by atoms with Gasteiger partial charge in [0.05, 0.1) is 7.11 Å². The van der Waals surface area contributed by atoms with Crippen LogP contribution in [-0.4, -0.2) is 12.9 Å². The molecule has 0 saturated heterocycles. The lowest BCUT2D eigenvalue weighted by Crippen LogP contribution is -2.06. The molecule has 0 heterocycles. The molecule has 0 bridgehead atoms. The summed E-state index contributed by atoms with van der Waals surface area (Å²) in [5, 5.41) is 0. The summed E-state index contributed by atoms with van der Waals surface area (Å²) in [5.41, 5.74) is 0.512. The number of Topliss-reactive ketones (excluding diaryl/α,β-unsaturated/α-hetero) is 1. The van der Waals surface area contributed by atoms with Crippen molar-refractivity contribution in [3.05, 3.63) is 29.6 Å². The standard InChI is InChI=1S/C12H13FO2/c1-15-8-5-6-9(11(13)7-8)10-3-2-4-12(10)14/h5-7,10H,2-4H2,1H3. The molecule has 2 nitrogen and oxygen atoms in total. The molecule has 15 heavy (non-hydrogen) atoms. The average Bonchev–Trinajstić information content (AvgIpc) is 2.64. The maximum absolute atomic E-state index is 13.6. The largest absolute Gasteiger partial charge is 0.497 e. The Bertz CT molecular complexity index is 387. The van der Waals surface area contributed by atoms with Gasteiger partial charge in [0.25, 0.3) is 0 Å². The minimum Gasteiger partial charge on any atom is -0.497 e. The van der Waals surface area contributed by atoms with E-state index in [1.807, 2.05) is 0 Å². The van der Waals surface area contributed by atoms with Crippen LogP contribution >= 0.6 is 0 Å². The van der Waals surface area contributed by atoms with E-state index in [1.54, 1.807) is 12.1 Å². The van der Waals surface area contributed by atoms with E-state index in [1.165, 1.54) is 13.2 Å². The molecular weight excluding hydrogens is 195 g/mol. The van der Waals surface area contributed by atoms with Crippen molar-refractivity contribution in [1.82, 2.24) is 0 Å². The van der Waals surface area contributed by atoms with E-state index < -0.39 is 0 Å². The fourth-order valence-corrected chi connectivity index (χ4v) is 2.06. The van der Waals surface area contributed by atoms with Crippen molar-refractivity contribution in [2.24, 2.45) is 0 Å². The normalized spacial score (nSPS) is 20.7. The van der Waals surface area contributed by atoms with Gasteiger partial charge in [0.15, 0.2) is 0 Å². The Labute approximate surface area is 88.1 Å². The second-order valence-electron chi connectivity index (χ2n) is 3.80. The van der Waals surface area contributed by atoms with Gasteiger partial charge in [-0.1, -0.05) is 6.07 Å². The van der Waals surface area contributed by atoms with Crippen molar-refractivity contribution < 1.29 is 13.9 Å². The van der Waals surface area contributed by atoms with Crippen LogP contribution < -0.4 is 4.74 Å². The van der Waals surface area contributed by atoms with Gasteiger partial charge < -0.3 is 4.74 Å². The number of benzene rings is 1. The molecule has 2 rings (SSSR count). The number of halogens is 1. The van der Waals surface area contributed by atoms with E-state index in [2.05, 4.69) is 0 Å². The molecule has 0 radical (unpaired) electrons. The first-order chi connectivity index (χ1) is 7.22. The zero-order valence-corrected chi connectivity index (χ0v) is 8.63. The predicted octanol–water partition coefficient (Wildman–Crippen LogP) is 2.67. The SMILES string of the molecule is COc1ccc(C2CCCC2=O)c(F)c1. The second kappa shape index (κ2) is 4.01. The third-order valence-corrected chi connectivity index (χ3v) is 2.89. The van der Waals surface area contributed by atoms with E-state index >= 15 is 0 Å². The maximum atomic E-state index is 13.6. The number of hydrogen-bond donors (Lipinski definition) is 0. The highest BCUT2D eigenvalue weighted by Crippen LogP contribution is 2.33. The minimum atomic E-state index is -0.338. The third-order valence-electron chi connectivity index (χ3n) is 2.89. The van der Waals surface area contributed by atoms with Gasteiger partial charge in [0.2, 0.25) is 0 Å². The Morgan fingerprint density at radius 3 is 2.80 bits per heavy atom. The van der Waals surface area contributed by atoms with Gasteiger partial charge in [-0.15, -0.1) is 0 Å². The van der Waals surface area contributed by atoms with E-state index in [0.717, 1.165) is 12.8 Å². The number of rotatable bonds is 2. The van der Waals surface area contributed by atoms with Gasteiger partial charge in [-0.2, -0.15) is 0 Å². The van der Waals surface area contributed by atoms with Crippen LogP contribution in [0.5, 0.6) is 5.75 Å². The first-order valence-electron chi connectivity index (χ1n) is 5.08. The van der Waals surface area contributed by atoms with Crippen molar-refractivity contribution >= 4 is 5.78 Å². The van der Waals surface area contributed by atoms with Gasteiger partial charge in [0.1, 0.15) is 17.3 Å². The van der Waals surface area contributed by atoms with E-state index in [0.29, 0.717) is 17.7 Å². The van der Waals surface area contributed by atoms with Gasteiger partial charge in [-0.25, -0.2) is 4.39 Å². The maximum Gasteiger partial charge on any atom is 0.140 e. The monoisotopic (exact) mass is 208 g/mol. The van der Waals surface area contributed by atoms with Crippen molar-refractivity contribution in [3.8, 4) is 5.75 Å². The number of methoxy groups -OCH3 is 1. The molecule has 1 saturated carbocycles. The Morgan fingerprint density at radius 1 is 1.47 bits per heavy atom. The van der Waals surface area contributed by atoms with Crippen LogP contribution in [0, 0.1) is 5.82 Å². The molecule has 1 aromatic carbocycles. The summed E-state index contributed by atoms with van der Waals surface area (Å²) in [6, 6.07) is 4.69. The Morgan fingerprint density at radius 2 is 2.27 bits per heavy atom.